The van der Waals surface area contributed by atoms with E-state index in [1.165, 1.54) is 0 Å². The maximum absolute atomic E-state index is 6.05. The normalized spacial score (nSPS) is 10.4. The second-order valence-corrected chi connectivity index (χ2v) is 3.88. The fourth-order valence-electron chi connectivity index (χ4n) is 1.59. The van der Waals surface area contributed by atoms with Gasteiger partial charge >= 0.3 is 0 Å². The zero-order valence-electron chi connectivity index (χ0n) is 9.15. The number of hydrogen-bond acceptors (Lipinski definition) is 2. The highest BCUT2D eigenvalue weighted by Gasteiger charge is 2.02. The van der Waals surface area contributed by atoms with E-state index in [4.69, 9.17) is 11.6 Å². The van der Waals surface area contributed by atoms with Crippen LogP contribution in [-0.4, -0.2) is 9.78 Å². The number of aryl methyl sites for hydroxylation is 1. The van der Waals surface area contributed by atoms with E-state index in [1.54, 1.807) is 0 Å². The molecule has 0 aliphatic heterocycles. The number of anilines is 1. The third-order valence-electron chi connectivity index (χ3n) is 2.44. The van der Waals surface area contributed by atoms with Crippen LogP contribution >= 0.6 is 11.6 Å². The predicted molar refractivity (Wildman–Crippen MR) is 66.7 cm³/mol. The smallest absolute Gasteiger partial charge is 0.0637 e. The highest BCUT2D eigenvalue weighted by Crippen LogP contribution is 2.20. The van der Waals surface area contributed by atoms with Crippen molar-refractivity contribution in [3.05, 3.63) is 47.2 Å². The molecule has 0 atom stereocenters. The predicted octanol–water partition coefficient (Wildman–Crippen LogP) is 3.17. The molecule has 0 aliphatic rings. The van der Waals surface area contributed by atoms with Crippen LogP contribution < -0.4 is 5.32 Å². The van der Waals surface area contributed by atoms with E-state index in [2.05, 4.69) is 17.3 Å². The number of nitrogens with zero attached hydrogens (tertiary/aromatic N) is 2. The Morgan fingerprint density at radius 2 is 2.12 bits per heavy atom. The van der Waals surface area contributed by atoms with Crippen molar-refractivity contribution in [1.29, 1.82) is 0 Å². The Balaban J connectivity index is 2.05. The average molecular weight is 236 g/mol. The minimum atomic E-state index is 0.734. The van der Waals surface area contributed by atoms with Crippen molar-refractivity contribution >= 4 is 17.3 Å². The Morgan fingerprint density at radius 1 is 1.31 bits per heavy atom. The summed E-state index contributed by atoms with van der Waals surface area (Å²) in [6.45, 7) is 3.69. The highest BCUT2D eigenvalue weighted by atomic mass is 35.5. The molecular formula is C12H14ClN3. The number of hydrogen-bond donors (Lipinski definition) is 1. The summed E-state index contributed by atoms with van der Waals surface area (Å²) in [5, 5.41) is 8.25. The van der Waals surface area contributed by atoms with Crippen LogP contribution in [0.2, 0.25) is 5.02 Å². The average Bonchev–Trinajstić information content (AvgIpc) is 2.75. The lowest BCUT2D eigenvalue weighted by atomic mass is 10.3. The van der Waals surface area contributed by atoms with Gasteiger partial charge < -0.3 is 5.32 Å². The standard InChI is InChI=1S/C12H14ClN3/c1-2-16-10(7-8-15-16)9-14-12-6-4-3-5-11(12)13/h3-8,14H,2,9H2,1H3. The molecule has 0 saturated heterocycles. The van der Waals surface area contributed by atoms with Gasteiger partial charge in [-0.2, -0.15) is 5.10 Å². The molecule has 84 valence electrons. The Bertz CT molecular complexity index is 465. The van der Waals surface area contributed by atoms with Gasteiger partial charge in [-0.3, -0.25) is 4.68 Å². The first-order valence-corrected chi connectivity index (χ1v) is 5.68. The third-order valence-corrected chi connectivity index (χ3v) is 2.77. The first kappa shape index (κ1) is 11.0. The lowest BCUT2D eigenvalue weighted by molar-refractivity contribution is 0.627. The van der Waals surface area contributed by atoms with E-state index in [-0.39, 0.29) is 0 Å². The van der Waals surface area contributed by atoms with Crippen molar-refractivity contribution in [2.45, 2.75) is 20.0 Å². The third kappa shape index (κ3) is 2.36. The Morgan fingerprint density at radius 3 is 2.88 bits per heavy atom. The molecule has 0 saturated carbocycles. The molecule has 1 aromatic heterocycles. The second kappa shape index (κ2) is 5.03. The second-order valence-electron chi connectivity index (χ2n) is 3.47. The van der Waals surface area contributed by atoms with E-state index in [1.807, 2.05) is 41.2 Å². The molecule has 2 aromatic rings. The van der Waals surface area contributed by atoms with Gasteiger partial charge in [0.25, 0.3) is 0 Å². The van der Waals surface area contributed by atoms with E-state index in [9.17, 15) is 0 Å². The largest absolute Gasteiger partial charge is 0.378 e. The number of nitrogens with one attached hydrogen (secondary N) is 1. The summed E-state index contributed by atoms with van der Waals surface area (Å²) in [5.41, 5.74) is 2.11. The van der Waals surface area contributed by atoms with Gasteiger partial charge in [-0.25, -0.2) is 0 Å². The van der Waals surface area contributed by atoms with Crippen molar-refractivity contribution in [3.63, 3.8) is 0 Å². The molecule has 0 spiro atoms. The SMILES string of the molecule is CCn1nccc1CNc1ccccc1Cl. The quantitative estimate of drug-likeness (QED) is 0.882. The summed E-state index contributed by atoms with van der Waals surface area (Å²) < 4.78 is 1.96. The lowest BCUT2D eigenvalue weighted by Crippen LogP contribution is -2.07. The summed E-state index contributed by atoms with van der Waals surface area (Å²) in [6.07, 6.45) is 1.81. The van der Waals surface area contributed by atoms with Gasteiger partial charge in [0.2, 0.25) is 0 Å². The van der Waals surface area contributed by atoms with Gasteiger partial charge in [-0.15, -0.1) is 0 Å². The molecule has 16 heavy (non-hydrogen) atoms. The molecule has 1 aromatic carbocycles. The Kier molecular flexibility index (Phi) is 3.47. The lowest BCUT2D eigenvalue weighted by Gasteiger charge is -2.09. The van der Waals surface area contributed by atoms with Crippen LogP contribution in [0.3, 0.4) is 0 Å². The molecule has 1 heterocycles. The Labute approximate surface area is 100 Å². The summed E-state index contributed by atoms with van der Waals surface area (Å²) in [6, 6.07) is 9.73. The van der Waals surface area contributed by atoms with Gasteiger partial charge in [0.1, 0.15) is 0 Å². The van der Waals surface area contributed by atoms with E-state index < -0.39 is 0 Å². The van der Waals surface area contributed by atoms with E-state index >= 15 is 0 Å². The fraction of sp³-hybridized carbons (Fsp3) is 0.250. The first-order chi connectivity index (χ1) is 7.81. The minimum absolute atomic E-state index is 0.734. The highest BCUT2D eigenvalue weighted by molar-refractivity contribution is 6.33. The van der Waals surface area contributed by atoms with Crippen LogP contribution in [0.15, 0.2) is 36.5 Å². The van der Waals surface area contributed by atoms with Crippen LogP contribution in [0, 0.1) is 0 Å². The molecule has 0 radical (unpaired) electrons. The van der Waals surface area contributed by atoms with Crippen molar-refractivity contribution in [2.24, 2.45) is 0 Å². The molecule has 0 fully saturated rings. The summed E-state index contributed by atoms with van der Waals surface area (Å²) in [7, 11) is 0. The molecule has 0 bridgehead atoms. The molecule has 0 unspecified atom stereocenters. The van der Waals surface area contributed by atoms with Crippen molar-refractivity contribution in [1.82, 2.24) is 9.78 Å². The zero-order valence-corrected chi connectivity index (χ0v) is 9.91. The molecule has 0 aliphatic carbocycles. The molecule has 1 N–H and O–H groups in total. The van der Waals surface area contributed by atoms with Gasteiger partial charge in [-0.1, -0.05) is 23.7 Å². The van der Waals surface area contributed by atoms with Gasteiger partial charge in [0, 0.05) is 12.7 Å². The number of aromatic nitrogens is 2. The van der Waals surface area contributed by atoms with Crippen LogP contribution in [0.4, 0.5) is 5.69 Å². The number of benzene rings is 1. The van der Waals surface area contributed by atoms with Crippen LogP contribution in [0.25, 0.3) is 0 Å². The van der Waals surface area contributed by atoms with Crippen LogP contribution in [0.1, 0.15) is 12.6 Å². The zero-order chi connectivity index (χ0) is 11.4. The summed E-state index contributed by atoms with van der Waals surface area (Å²) in [5.74, 6) is 0. The maximum atomic E-state index is 6.05. The molecule has 4 heteroatoms. The van der Waals surface area contributed by atoms with E-state index in [0.29, 0.717) is 0 Å². The molecule has 0 amide bonds. The number of rotatable bonds is 4. The first-order valence-electron chi connectivity index (χ1n) is 5.30. The van der Waals surface area contributed by atoms with Gasteiger partial charge in [-0.05, 0) is 25.1 Å². The molecule has 2 rings (SSSR count). The fourth-order valence-corrected chi connectivity index (χ4v) is 1.79. The summed E-state index contributed by atoms with van der Waals surface area (Å²) in [4.78, 5) is 0. The number of halogens is 1. The Hall–Kier alpha value is -1.48. The summed E-state index contributed by atoms with van der Waals surface area (Å²) >= 11 is 6.05. The maximum Gasteiger partial charge on any atom is 0.0637 e. The topological polar surface area (TPSA) is 29.9 Å². The number of para-hydroxylation sites is 1. The molecular weight excluding hydrogens is 222 g/mol. The van der Waals surface area contributed by atoms with Crippen molar-refractivity contribution < 1.29 is 0 Å². The monoisotopic (exact) mass is 235 g/mol. The van der Waals surface area contributed by atoms with E-state index in [0.717, 1.165) is 29.5 Å². The minimum Gasteiger partial charge on any atom is -0.378 e. The van der Waals surface area contributed by atoms with Gasteiger partial charge in [0.05, 0.1) is 22.9 Å². The van der Waals surface area contributed by atoms with Gasteiger partial charge in [0.15, 0.2) is 0 Å². The van der Waals surface area contributed by atoms with Crippen molar-refractivity contribution in [3.8, 4) is 0 Å². The van der Waals surface area contributed by atoms with Crippen LogP contribution in [-0.2, 0) is 13.1 Å². The molecule has 3 nitrogen and oxygen atoms in total. The van der Waals surface area contributed by atoms with Crippen molar-refractivity contribution in [2.75, 3.05) is 5.32 Å². The van der Waals surface area contributed by atoms with Crippen LogP contribution in [0.5, 0.6) is 0 Å².